The van der Waals surface area contributed by atoms with Gasteiger partial charge in [0.05, 0.1) is 33.8 Å². The highest BCUT2D eigenvalue weighted by molar-refractivity contribution is 6.16. The Bertz CT molecular complexity index is 3010. The van der Waals surface area contributed by atoms with Crippen LogP contribution in [-0.4, -0.2) is 128 Å². The van der Waals surface area contributed by atoms with Crippen molar-refractivity contribution in [3.8, 4) is 44.8 Å². The summed E-state index contributed by atoms with van der Waals surface area (Å²) in [6.07, 6.45) is -4.53. The summed E-state index contributed by atoms with van der Waals surface area (Å²) >= 11 is 0. The number of aromatic nitrogens is 2. The van der Waals surface area contributed by atoms with Crippen molar-refractivity contribution in [3.05, 3.63) is 158 Å². The van der Waals surface area contributed by atoms with Crippen LogP contribution in [0.5, 0.6) is 0 Å². The van der Waals surface area contributed by atoms with E-state index in [1.807, 2.05) is 34.1 Å². The number of aliphatic carboxylic acids is 2. The van der Waals surface area contributed by atoms with Gasteiger partial charge in [-0.2, -0.15) is 0 Å². The SMILES string of the molecule is CCN(CC)CCN1C(=O)Cn2c(-c3ccccc3)c(-c3ccccc3)c3cccc1c32.CCN(CC)CCN1C(=O)Cn2c(-c3ccccc3)c(-c3ccccc3)c3cccc1c32.O=C(O)[C@H](O)[C@@H](O)C(=O)O. The monoisotopic (exact) mass is 996 g/mol. The lowest BCUT2D eigenvalue weighted by Crippen LogP contribution is -2.42. The van der Waals surface area contributed by atoms with Gasteiger partial charge in [0.2, 0.25) is 11.8 Å². The Morgan fingerprint density at radius 2 is 0.770 bits per heavy atom. The summed E-state index contributed by atoms with van der Waals surface area (Å²) in [7, 11) is 0. The predicted octanol–water partition coefficient (Wildman–Crippen LogP) is 9.20. The molecule has 0 saturated heterocycles. The second-order valence-electron chi connectivity index (χ2n) is 18.1. The molecule has 0 saturated carbocycles. The highest BCUT2D eigenvalue weighted by Crippen LogP contribution is 2.47. The number of aliphatic hydroxyl groups is 2. The molecular weight excluding hydrogens is 933 g/mol. The topological polar surface area (TPSA) is 172 Å². The molecule has 0 radical (unpaired) electrons. The van der Waals surface area contributed by atoms with Crippen molar-refractivity contribution < 1.29 is 39.6 Å². The van der Waals surface area contributed by atoms with Gasteiger partial charge in [0.15, 0.2) is 12.2 Å². The van der Waals surface area contributed by atoms with Gasteiger partial charge < -0.3 is 49.2 Å². The van der Waals surface area contributed by atoms with Gasteiger partial charge in [-0.25, -0.2) is 9.59 Å². The molecule has 2 aliphatic rings. The molecule has 0 spiro atoms. The fraction of sp³-hybridized carbons (Fsp3) is 0.267. The molecule has 2 aromatic heterocycles. The minimum absolute atomic E-state index is 0.157. The van der Waals surface area contributed by atoms with Gasteiger partial charge in [0.25, 0.3) is 0 Å². The number of para-hydroxylation sites is 2. The largest absolute Gasteiger partial charge is 0.479 e. The van der Waals surface area contributed by atoms with E-state index in [2.05, 4.69) is 180 Å². The molecule has 0 aliphatic carbocycles. The van der Waals surface area contributed by atoms with Crippen LogP contribution in [0.25, 0.3) is 66.6 Å². The summed E-state index contributed by atoms with van der Waals surface area (Å²) in [4.78, 5) is 55.1. The Hall–Kier alpha value is -7.88. The zero-order valence-electron chi connectivity index (χ0n) is 42.3. The predicted molar refractivity (Wildman–Crippen MR) is 293 cm³/mol. The molecule has 14 heteroatoms. The zero-order chi connectivity index (χ0) is 52.5. The molecule has 0 bridgehead atoms. The van der Waals surface area contributed by atoms with Crippen LogP contribution in [0.1, 0.15) is 27.7 Å². The molecule has 4 heterocycles. The Labute approximate surface area is 431 Å². The first-order valence-electron chi connectivity index (χ1n) is 25.3. The number of carboxylic acid groups (broad SMARTS) is 2. The lowest BCUT2D eigenvalue weighted by molar-refractivity contribution is -0.165. The molecular formula is C60H64N6O8. The van der Waals surface area contributed by atoms with E-state index < -0.39 is 24.1 Å². The molecule has 10 rings (SSSR count). The molecule has 14 nitrogen and oxygen atoms in total. The van der Waals surface area contributed by atoms with E-state index in [1.165, 1.54) is 33.0 Å². The minimum Gasteiger partial charge on any atom is -0.479 e. The number of carbonyl (C=O) groups excluding carboxylic acids is 2. The summed E-state index contributed by atoms with van der Waals surface area (Å²) in [5, 5.41) is 34.9. The second kappa shape index (κ2) is 23.8. The van der Waals surface area contributed by atoms with E-state index in [4.69, 9.17) is 20.4 Å². The summed E-state index contributed by atoms with van der Waals surface area (Å²) in [6, 6.07) is 54.7. The molecule has 2 amide bonds. The summed E-state index contributed by atoms with van der Waals surface area (Å²) in [5.41, 5.74) is 13.6. The Morgan fingerprint density at radius 1 is 0.459 bits per heavy atom. The maximum Gasteiger partial charge on any atom is 0.335 e. The number of likely N-dealkylation sites (N-methyl/N-ethyl adjacent to an activating group) is 2. The Morgan fingerprint density at radius 3 is 1.07 bits per heavy atom. The van der Waals surface area contributed by atoms with Crippen LogP contribution in [0.4, 0.5) is 11.4 Å². The van der Waals surface area contributed by atoms with E-state index in [-0.39, 0.29) is 11.8 Å². The molecule has 4 N–H and O–H groups in total. The first-order valence-corrected chi connectivity index (χ1v) is 25.3. The number of nitrogens with zero attached hydrogens (tertiary/aromatic N) is 6. The third-order valence-electron chi connectivity index (χ3n) is 14.0. The van der Waals surface area contributed by atoms with Crippen molar-refractivity contribution in [1.29, 1.82) is 0 Å². The average molecular weight is 997 g/mol. The molecule has 0 unspecified atom stereocenters. The van der Waals surface area contributed by atoms with Crippen LogP contribution < -0.4 is 9.80 Å². The number of hydrogen-bond donors (Lipinski definition) is 4. The average Bonchev–Trinajstić information content (AvgIpc) is 3.95. The van der Waals surface area contributed by atoms with Crippen molar-refractivity contribution in [1.82, 2.24) is 18.9 Å². The van der Waals surface area contributed by atoms with Gasteiger partial charge in [-0.1, -0.05) is 173 Å². The first kappa shape index (κ1) is 52.4. The van der Waals surface area contributed by atoms with Gasteiger partial charge >= 0.3 is 11.9 Å². The maximum atomic E-state index is 13.4. The lowest BCUT2D eigenvalue weighted by atomic mass is 9.98. The van der Waals surface area contributed by atoms with E-state index in [9.17, 15) is 19.2 Å². The van der Waals surface area contributed by atoms with Crippen LogP contribution in [0, 0.1) is 0 Å². The first-order chi connectivity index (χ1) is 35.9. The van der Waals surface area contributed by atoms with Gasteiger partial charge in [-0.15, -0.1) is 0 Å². The molecule has 8 aromatic rings. The summed E-state index contributed by atoms with van der Waals surface area (Å²) < 4.78 is 4.47. The standard InChI is InChI=1S/2C28H29N3O.C4H6O6/c2*1-3-29(4-2)18-19-30-24-17-11-16-23-26(21-12-7-5-8-13-21)27(22-14-9-6-10-15-22)31(28(23)24)20-25(30)32;5-1(3(7)8)2(6)4(9)10/h2*5-17H,3-4,18-20H2,1-2H3;1-2,5-6H,(H,7,8)(H,9,10)/t;;1-,2-/m..1/s1. The van der Waals surface area contributed by atoms with Crippen molar-refractivity contribution in [2.45, 2.75) is 53.0 Å². The highest BCUT2D eigenvalue weighted by atomic mass is 16.4. The number of carboxylic acids is 2. The van der Waals surface area contributed by atoms with Gasteiger partial charge in [0, 0.05) is 48.1 Å². The molecule has 2 atom stereocenters. The van der Waals surface area contributed by atoms with Crippen LogP contribution in [0.3, 0.4) is 0 Å². The molecule has 2 aliphatic heterocycles. The van der Waals surface area contributed by atoms with Crippen molar-refractivity contribution in [2.24, 2.45) is 0 Å². The molecule has 6 aromatic carbocycles. The van der Waals surface area contributed by atoms with Gasteiger partial charge in [0.1, 0.15) is 13.1 Å². The smallest absolute Gasteiger partial charge is 0.335 e. The third-order valence-corrected chi connectivity index (χ3v) is 14.0. The highest BCUT2D eigenvalue weighted by Gasteiger charge is 2.33. The Balaban J connectivity index is 0.000000167. The van der Waals surface area contributed by atoms with E-state index in [0.717, 1.165) is 84.2 Å². The van der Waals surface area contributed by atoms with Crippen molar-refractivity contribution in [2.75, 3.05) is 62.2 Å². The van der Waals surface area contributed by atoms with Crippen molar-refractivity contribution in [3.63, 3.8) is 0 Å². The zero-order valence-corrected chi connectivity index (χ0v) is 42.3. The number of hydrogen-bond acceptors (Lipinski definition) is 8. The number of rotatable bonds is 17. The van der Waals surface area contributed by atoms with E-state index in [1.54, 1.807) is 0 Å². The van der Waals surface area contributed by atoms with E-state index >= 15 is 0 Å². The van der Waals surface area contributed by atoms with Crippen LogP contribution in [0.15, 0.2) is 158 Å². The summed E-state index contributed by atoms with van der Waals surface area (Å²) in [6.45, 7) is 16.6. The summed E-state index contributed by atoms with van der Waals surface area (Å²) in [5.74, 6) is -3.22. The van der Waals surface area contributed by atoms with Gasteiger partial charge in [-0.05, 0) is 60.6 Å². The molecule has 382 valence electrons. The number of anilines is 2. The maximum absolute atomic E-state index is 13.4. The van der Waals surface area contributed by atoms with Gasteiger partial charge in [-0.3, -0.25) is 9.59 Å². The second-order valence-corrected chi connectivity index (χ2v) is 18.1. The Kier molecular flexibility index (Phi) is 16.8. The lowest BCUT2D eigenvalue weighted by Gasteiger charge is -2.31. The third kappa shape index (κ3) is 10.8. The number of amides is 2. The van der Waals surface area contributed by atoms with E-state index in [0.29, 0.717) is 26.2 Å². The molecule has 74 heavy (non-hydrogen) atoms. The normalized spacial score (nSPS) is 13.7. The minimum atomic E-state index is -2.27. The fourth-order valence-electron chi connectivity index (χ4n) is 10.2. The fourth-order valence-corrected chi connectivity index (χ4v) is 10.2. The number of carbonyl (C=O) groups is 4. The van der Waals surface area contributed by atoms with Crippen molar-refractivity contribution >= 4 is 56.9 Å². The molecule has 0 fully saturated rings. The number of benzene rings is 6. The van der Waals surface area contributed by atoms with Crippen LogP contribution >= 0.6 is 0 Å². The quantitative estimate of drug-likeness (QED) is 0.0690. The van der Waals surface area contributed by atoms with Crippen LogP contribution in [0.2, 0.25) is 0 Å². The number of aliphatic hydroxyl groups excluding tert-OH is 2. The van der Waals surface area contributed by atoms with Crippen LogP contribution in [-0.2, 0) is 32.3 Å².